The molecule has 180 valence electrons. The number of H-pyrrole nitrogens is 1. The molecule has 3 aromatic carbocycles. The Kier molecular flexibility index (Phi) is 7.51. The molecule has 0 saturated carbocycles. The lowest BCUT2D eigenvalue weighted by Crippen LogP contribution is -2.38. The Bertz CT molecular complexity index is 1490. The van der Waals surface area contributed by atoms with Gasteiger partial charge in [-0.05, 0) is 41.8 Å². The summed E-state index contributed by atoms with van der Waals surface area (Å²) in [6, 6.07) is 23.4. The van der Waals surface area contributed by atoms with Crippen molar-refractivity contribution in [3.63, 3.8) is 0 Å². The molecule has 35 heavy (non-hydrogen) atoms. The van der Waals surface area contributed by atoms with Crippen molar-refractivity contribution < 1.29 is 9.90 Å². The zero-order valence-electron chi connectivity index (χ0n) is 19.3. The fourth-order valence-electron chi connectivity index (χ4n) is 4.72. The molecule has 0 radical (unpaired) electrons. The maximum atomic E-state index is 12.1. The number of aromatic amines is 1. The van der Waals surface area contributed by atoms with Crippen molar-refractivity contribution in [2.45, 2.75) is 32.5 Å². The molecule has 0 bridgehead atoms. The lowest BCUT2D eigenvalue weighted by Gasteiger charge is -2.15. The van der Waals surface area contributed by atoms with Gasteiger partial charge in [0.25, 0.3) is 0 Å². The van der Waals surface area contributed by atoms with Crippen molar-refractivity contribution in [3.8, 4) is 0 Å². The maximum absolute atomic E-state index is 12.1. The molecule has 0 aliphatic carbocycles. The lowest BCUT2D eigenvalue weighted by atomic mass is 10.0. The first-order valence-electron chi connectivity index (χ1n) is 11.3. The number of nitrogens with zero attached hydrogens (tertiary/aromatic N) is 1. The fourth-order valence-corrected chi connectivity index (χ4v) is 4.91. The summed E-state index contributed by atoms with van der Waals surface area (Å²) in [6.45, 7) is 3.20. The van der Waals surface area contributed by atoms with Gasteiger partial charge in [0, 0.05) is 58.2 Å². The van der Waals surface area contributed by atoms with Crippen LogP contribution in [0.5, 0.6) is 0 Å². The summed E-state index contributed by atoms with van der Waals surface area (Å²) in [6.07, 6.45) is 2.31. The van der Waals surface area contributed by atoms with Crippen LogP contribution in [0.1, 0.15) is 22.4 Å². The van der Waals surface area contributed by atoms with Gasteiger partial charge >= 0.3 is 5.97 Å². The molecule has 5 nitrogen and oxygen atoms in total. The van der Waals surface area contributed by atoms with E-state index in [2.05, 4.69) is 33.9 Å². The molecule has 3 N–H and O–H groups in total. The van der Waals surface area contributed by atoms with Crippen LogP contribution in [-0.2, 0) is 24.3 Å². The monoisotopic (exact) mass is 507 g/mol. The molecule has 1 unspecified atom stereocenters. The first-order chi connectivity index (χ1) is 16.5. The Labute approximate surface area is 215 Å². The van der Waals surface area contributed by atoms with E-state index in [9.17, 15) is 9.90 Å². The number of carbonyl (C=O) groups is 1. The van der Waals surface area contributed by atoms with Crippen LogP contribution < -0.4 is 5.32 Å². The van der Waals surface area contributed by atoms with Gasteiger partial charge in [0.1, 0.15) is 6.04 Å². The third-order valence-electron chi connectivity index (χ3n) is 6.57. The summed E-state index contributed by atoms with van der Waals surface area (Å²) in [7, 11) is 0. The number of hydrogen-bond donors (Lipinski definition) is 3. The van der Waals surface area contributed by atoms with Crippen LogP contribution >= 0.6 is 24.0 Å². The number of nitrogens with one attached hydrogen (secondary N) is 2. The largest absolute Gasteiger partial charge is 0.480 e. The van der Waals surface area contributed by atoms with Crippen molar-refractivity contribution in [2.75, 3.05) is 0 Å². The van der Waals surface area contributed by atoms with Gasteiger partial charge in [-0.25, -0.2) is 0 Å². The SMILES string of the molecule is Cc1c(CNC(Cc2c[nH]c3ccccc23)C(=O)O)c2ccccc2n1Cc1ccccc1Cl.Cl. The quantitative estimate of drug-likeness (QED) is 0.229. The molecule has 0 fully saturated rings. The van der Waals surface area contributed by atoms with Gasteiger partial charge in [-0.2, -0.15) is 0 Å². The second-order valence-corrected chi connectivity index (χ2v) is 9.00. The Hall–Kier alpha value is -3.25. The summed E-state index contributed by atoms with van der Waals surface area (Å²) in [4.78, 5) is 15.4. The highest BCUT2D eigenvalue weighted by Gasteiger charge is 2.21. The number of aliphatic carboxylic acids is 1. The standard InChI is InChI=1S/C28H26ClN3O2.ClH/c1-18-23(16-31-26(28(33)34)14-20-15-30-25-12-6-3-9-21(20)25)22-10-4-7-13-27(22)32(18)17-19-8-2-5-11-24(19)29;/h2-13,15,26,30-31H,14,16-17H2,1H3,(H,33,34);1H. The Morgan fingerprint density at radius 3 is 2.46 bits per heavy atom. The van der Waals surface area contributed by atoms with Crippen LogP contribution in [-0.4, -0.2) is 26.7 Å². The Morgan fingerprint density at radius 2 is 1.69 bits per heavy atom. The second-order valence-electron chi connectivity index (χ2n) is 8.59. The molecule has 0 saturated heterocycles. The number of fused-ring (bicyclic) bond motifs is 2. The smallest absolute Gasteiger partial charge is 0.321 e. The van der Waals surface area contributed by atoms with Gasteiger partial charge in [-0.15, -0.1) is 12.4 Å². The number of carboxylic acid groups (broad SMARTS) is 1. The van der Waals surface area contributed by atoms with E-state index in [0.29, 0.717) is 19.5 Å². The average Bonchev–Trinajstić information content (AvgIpc) is 3.37. The molecule has 0 aliphatic rings. The molecule has 2 aromatic heterocycles. The van der Waals surface area contributed by atoms with E-state index in [1.807, 2.05) is 66.9 Å². The van der Waals surface area contributed by atoms with E-state index in [1.165, 1.54) is 0 Å². The second kappa shape index (κ2) is 10.6. The summed E-state index contributed by atoms with van der Waals surface area (Å²) in [5.41, 5.74) is 6.38. The summed E-state index contributed by atoms with van der Waals surface area (Å²) in [5, 5.41) is 16.2. The third kappa shape index (κ3) is 4.94. The number of rotatable bonds is 8. The Balaban J connectivity index is 0.00000289. The van der Waals surface area contributed by atoms with Crippen LogP contribution in [0.2, 0.25) is 5.02 Å². The average molecular weight is 508 g/mol. The highest BCUT2D eigenvalue weighted by atomic mass is 35.5. The van der Waals surface area contributed by atoms with Gasteiger partial charge in [0.15, 0.2) is 0 Å². The van der Waals surface area contributed by atoms with Crippen LogP contribution in [0.25, 0.3) is 21.8 Å². The predicted molar refractivity (Wildman–Crippen MR) is 145 cm³/mol. The topological polar surface area (TPSA) is 70.1 Å². The van der Waals surface area contributed by atoms with Crippen molar-refractivity contribution >= 4 is 51.8 Å². The minimum Gasteiger partial charge on any atom is -0.480 e. The first-order valence-corrected chi connectivity index (χ1v) is 11.7. The van der Waals surface area contributed by atoms with E-state index in [0.717, 1.165) is 49.2 Å². The minimum atomic E-state index is -0.859. The lowest BCUT2D eigenvalue weighted by molar-refractivity contribution is -0.139. The van der Waals surface area contributed by atoms with E-state index in [-0.39, 0.29) is 12.4 Å². The van der Waals surface area contributed by atoms with Crippen molar-refractivity contribution in [1.82, 2.24) is 14.9 Å². The van der Waals surface area contributed by atoms with Crippen molar-refractivity contribution in [2.24, 2.45) is 0 Å². The van der Waals surface area contributed by atoms with E-state index in [4.69, 9.17) is 11.6 Å². The van der Waals surface area contributed by atoms with E-state index in [1.54, 1.807) is 0 Å². The Morgan fingerprint density at radius 1 is 1.00 bits per heavy atom. The molecule has 0 spiro atoms. The highest BCUT2D eigenvalue weighted by molar-refractivity contribution is 6.31. The summed E-state index contributed by atoms with van der Waals surface area (Å²) in [5.74, 6) is -0.859. The van der Waals surface area contributed by atoms with Crippen molar-refractivity contribution in [1.29, 1.82) is 0 Å². The number of halogens is 2. The van der Waals surface area contributed by atoms with Gasteiger partial charge in [-0.1, -0.05) is 66.2 Å². The molecule has 1 atom stereocenters. The third-order valence-corrected chi connectivity index (χ3v) is 6.94. The first kappa shape index (κ1) is 24.9. The number of aromatic nitrogens is 2. The summed E-state index contributed by atoms with van der Waals surface area (Å²) < 4.78 is 2.25. The molecule has 7 heteroatoms. The van der Waals surface area contributed by atoms with Crippen LogP contribution in [0.15, 0.2) is 79.0 Å². The molecule has 0 aliphatic heterocycles. The van der Waals surface area contributed by atoms with Crippen LogP contribution in [0.3, 0.4) is 0 Å². The van der Waals surface area contributed by atoms with Gasteiger partial charge in [0.05, 0.1) is 0 Å². The predicted octanol–water partition coefficient (Wildman–Crippen LogP) is 6.34. The molecular weight excluding hydrogens is 481 g/mol. The van der Waals surface area contributed by atoms with Gasteiger partial charge < -0.3 is 14.7 Å². The van der Waals surface area contributed by atoms with Gasteiger partial charge in [-0.3, -0.25) is 10.1 Å². The molecule has 0 amide bonds. The summed E-state index contributed by atoms with van der Waals surface area (Å²) >= 11 is 6.44. The number of para-hydroxylation sites is 2. The van der Waals surface area contributed by atoms with Crippen molar-refractivity contribution in [3.05, 3.63) is 106 Å². The minimum absolute atomic E-state index is 0. The normalized spacial score (nSPS) is 12.1. The molecular formula is C28H27Cl2N3O2. The van der Waals surface area contributed by atoms with Crippen LogP contribution in [0, 0.1) is 6.92 Å². The number of hydrogen-bond acceptors (Lipinski definition) is 2. The number of carboxylic acids is 1. The molecule has 2 heterocycles. The van der Waals surface area contributed by atoms with E-state index >= 15 is 0 Å². The fraction of sp³-hybridized carbons (Fsp3) is 0.179. The zero-order valence-corrected chi connectivity index (χ0v) is 20.9. The molecule has 5 rings (SSSR count). The van der Waals surface area contributed by atoms with E-state index < -0.39 is 12.0 Å². The highest BCUT2D eigenvalue weighted by Crippen LogP contribution is 2.28. The van der Waals surface area contributed by atoms with Crippen LogP contribution in [0.4, 0.5) is 0 Å². The zero-order chi connectivity index (χ0) is 23.7. The maximum Gasteiger partial charge on any atom is 0.321 e. The number of benzene rings is 3. The van der Waals surface area contributed by atoms with Gasteiger partial charge in [0.2, 0.25) is 0 Å². The molecule has 5 aromatic rings.